The van der Waals surface area contributed by atoms with Crippen molar-refractivity contribution in [3.8, 4) is 0 Å². The van der Waals surface area contributed by atoms with Gasteiger partial charge in [0.1, 0.15) is 0 Å². The van der Waals surface area contributed by atoms with Gasteiger partial charge in [-0.3, -0.25) is 14.5 Å². The fourth-order valence-corrected chi connectivity index (χ4v) is 7.54. The van der Waals surface area contributed by atoms with Crippen molar-refractivity contribution >= 4 is 11.8 Å². The molecule has 6 heteroatoms. The molecule has 1 heterocycles. The van der Waals surface area contributed by atoms with Crippen LogP contribution in [-0.4, -0.2) is 67.9 Å². The summed E-state index contributed by atoms with van der Waals surface area (Å²) in [7, 11) is 2.15. The third-order valence-electron chi connectivity index (χ3n) is 8.72. The molecular weight excluding hydrogens is 412 g/mol. The predicted octanol–water partition coefficient (Wildman–Crippen LogP) is 2.81. The van der Waals surface area contributed by atoms with E-state index in [0.717, 1.165) is 56.0 Å². The van der Waals surface area contributed by atoms with Crippen molar-refractivity contribution in [2.45, 2.75) is 51.0 Å². The first-order valence-corrected chi connectivity index (χ1v) is 13.0. The molecule has 180 valence electrons. The Kier molecular flexibility index (Phi) is 6.75. The number of carbonyl (C=O) groups is 2. The van der Waals surface area contributed by atoms with Crippen LogP contribution in [0.4, 0.5) is 0 Å². The molecule has 1 aromatic carbocycles. The first-order valence-electron chi connectivity index (χ1n) is 13.0. The van der Waals surface area contributed by atoms with Crippen LogP contribution in [0.15, 0.2) is 30.3 Å². The zero-order chi connectivity index (χ0) is 22.8. The molecule has 33 heavy (non-hydrogen) atoms. The molecule has 1 aromatic rings. The molecule has 6 nitrogen and oxygen atoms in total. The number of nitrogens with one attached hydrogen (secondary N) is 2. The van der Waals surface area contributed by atoms with Crippen LogP contribution in [0, 0.1) is 23.2 Å². The Morgan fingerprint density at radius 3 is 2.15 bits per heavy atom. The number of piperazine rings is 1. The Balaban J connectivity index is 1.13. The average Bonchev–Trinajstić information content (AvgIpc) is 2.78. The fourth-order valence-electron chi connectivity index (χ4n) is 7.54. The second-order valence-corrected chi connectivity index (χ2v) is 11.5. The normalized spacial score (nSPS) is 32.5. The lowest BCUT2D eigenvalue weighted by atomic mass is 9.49. The van der Waals surface area contributed by atoms with Crippen LogP contribution in [0.1, 0.15) is 56.6 Å². The third kappa shape index (κ3) is 5.60. The topological polar surface area (TPSA) is 64.7 Å². The first kappa shape index (κ1) is 22.9. The maximum atomic E-state index is 12.8. The molecule has 4 aliphatic carbocycles. The highest BCUT2D eigenvalue weighted by molar-refractivity contribution is 5.85. The van der Waals surface area contributed by atoms with Gasteiger partial charge in [0, 0.05) is 39.1 Å². The van der Waals surface area contributed by atoms with Gasteiger partial charge in [-0.2, -0.15) is 0 Å². The zero-order valence-corrected chi connectivity index (χ0v) is 20.1. The zero-order valence-electron chi connectivity index (χ0n) is 20.1. The maximum Gasteiger partial charge on any atom is 0.239 e. The molecule has 1 unspecified atom stereocenters. The summed E-state index contributed by atoms with van der Waals surface area (Å²) in [6.07, 6.45) is 8.43. The van der Waals surface area contributed by atoms with E-state index < -0.39 is 0 Å². The van der Waals surface area contributed by atoms with Crippen molar-refractivity contribution in [1.29, 1.82) is 0 Å². The molecule has 4 saturated carbocycles. The highest BCUT2D eigenvalue weighted by Crippen LogP contribution is 2.61. The van der Waals surface area contributed by atoms with E-state index in [1.807, 2.05) is 18.2 Å². The molecule has 1 aliphatic heterocycles. The minimum absolute atomic E-state index is 0.0578. The summed E-state index contributed by atoms with van der Waals surface area (Å²) in [5, 5.41) is 6.15. The van der Waals surface area contributed by atoms with E-state index in [0.29, 0.717) is 6.42 Å². The standard InChI is InChI=1S/C27H40N4O2/c1-30-7-9-31(10-8-30)19-24(23-5-3-2-4-6-23)29-26(33)18-28-25(32)17-27-14-20-11-21(15-27)13-22(12-20)16-27/h2-6,20-22,24H,7-19H2,1H3,(H,28,32)(H,29,33). The minimum Gasteiger partial charge on any atom is -0.347 e. The number of amides is 2. The smallest absolute Gasteiger partial charge is 0.239 e. The van der Waals surface area contributed by atoms with Crippen molar-refractivity contribution in [3.63, 3.8) is 0 Å². The number of nitrogens with zero attached hydrogens (tertiary/aromatic N) is 2. The Labute approximate surface area is 198 Å². The lowest BCUT2D eigenvalue weighted by molar-refractivity contribution is -0.132. The molecule has 2 N–H and O–H groups in total. The molecule has 1 atom stereocenters. The fraction of sp³-hybridized carbons (Fsp3) is 0.704. The Morgan fingerprint density at radius 2 is 1.55 bits per heavy atom. The quantitative estimate of drug-likeness (QED) is 0.637. The highest BCUT2D eigenvalue weighted by Gasteiger charge is 2.51. The molecular formula is C27H40N4O2. The van der Waals surface area contributed by atoms with Gasteiger partial charge in [-0.1, -0.05) is 30.3 Å². The van der Waals surface area contributed by atoms with E-state index in [-0.39, 0.29) is 29.8 Å². The number of benzene rings is 1. The van der Waals surface area contributed by atoms with Crippen LogP contribution in [0.25, 0.3) is 0 Å². The number of hydrogen-bond acceptors (Lipinski definition) is 4. The van der Waals surface area contributed by atoms with Gasteiger partial charge in [-0.15, -0.1) is 0 Å². The molecule has 5 aliphatic rings. The summed E-state index contributed by atoms with van der Waals surface area (Å²) in [4.78, 5) is 30.4. The number of carbonyl (C=O) groups excluding carboxylic acids is 2. The second kappa shape index (κ2) is 9.75. The van der Waals surface area contributed by atoms with Crippen LogP contribution in [0.2, 0.25) is 0 Å². The molecule has 4 bridgehead atoms. The lowest BCUT2D eigenvalue weighted by Gasteiger charge is -2.56. The summed E-state index contributed by atoms with van der Waals surface area (Å²) < 4.78 is 0. The van der Waals surface area contributed by atoms with E-state index in [2.05, 4.69) is 39.6 Å². The lowest BCUT2D eigenvalue weighted by Crippen LogP contribution is -2.49. The summed E-state index contributed by atoms with van der Waals surface area (Å²) >= 11 is 0. The molecule has 1 saturated heterocycles. The van der Waals surface area contributed by atoms with Crippen LogP contribution < -0.4 is 10.6 Å². The van der Waals surface area contributed by atoms with Crippen molar-refractivity contribution in [1.82, 2.24) is 20.4 Å². The van der Waals surface area contributed by atoms with Gasteiger partial charge in [-0.05, 0) is 74.3 Å². The molecule has 2 amide bonds. The summed E-state index contributed by atoms with van der Waals surface area (Å²) in [5.41, 5.74) is 1.33. The Hall–Kier alpha value is -1.92. The van der Waals surface area contributed by atoms with E-state index >= 15 is 0 Å². The van der Waals surface area contributed by atoms with Crippen molar-refractivity contribution in [3.05, 3.63) is 35.9 Å². The van der Waals surface area contributed by atoms with E-state index in [9.17, 15) is 9.59 Å². The van der Waals surface area contributed by atoms with Gasteiger partial charge >= 0.3 is 0 Å². The number of rotatable bonds is 8. The van der Waals surface area contributed by atoms with Gasteiger partial charge < -0.3 is 15.5 Å². The average molecular weight is 453 g/mol. The highest BCUT2D eigenvalue weighted by atomic mass is 16.2. The number of likely N-dealkylation sites (N-methyl/N-ethyl adjacent to an activating group) is 1. The molecule has 6 rings (SSSR count). The van der Waals surface area contributed by atoms with Crippen molar-refractivity contribution in [2.24, 2.45) is 23.2 Å². The van der Waals surface area contributed by atoms with Gasteiger partial charge in [-0.25, -0.2) is 0 Å². The Bertz CT molecular complexity index is 798. The summed E-state index contributed by atoms with van der Waals surface area (Å²) in [6.45, 7) is 4.99. The van der Waals surface area contributed by atoms with Gasteiger partial charge in [0.25, 0.3) is 0 Å². The van der Waals surface area contributed by atoms with Crippen molar-refractivity contribution < 1.29 is 9.59 Å². The molecule has 0 spiro atoms. The SMILES string of the molecule is CN1CCN(CC(NC(=O)CNC(=O)CC23CC4CC(CC(C4)C2)C3)c2ccccc2)CC1. The molecule has 0 radical (unpaired) electrons. The number of hydrogen-bond donors (Lipinski definition) is 2. The van der Waals surface area contributed by atoms with Gasteiger partial charge in [0.15, 0.2) is 0 Å². The van der Waals surface area contributed by atoms with E-state index in [1.165, 1.54) is 38.5 Å². The van der Waals surface area contributed by atoms with E-state index in [1.54, 1.807) is 0 Å². The second-order valence-electron chi connectivity index (χ2n) is 11.5. The largest absolute Gasteiger partial charge is 0.347 e. The third-order valence-corrected chi connectivity index (χ3v) is 8.72. The van der Waals surface area contributed by atoms with Crippen LogP contribution in [0.3, 0.4) is 0 Å². The van der Waals surface area contributed by atoms with E-state index in [4.69, 9.17) is 0 Å². The summed E-state index contributed by atoms with van der Waals surface area (Å²) in [6, 6.07) is 10.1. The van der Waals surface area contributed by atoms with Crippen LogP contribution in [-0.2, 0) is 9.59 Å². The summed E-state index contributed by atoms with van der Waals surface area (Å²) in [5.74, 6) is 2.48. The minimum atomic E-state index is -0.100. The first-order chi connectivity index (χ1) is 16.0. The van der Waals surface area contributed by atoms with Crippen molar-refractivity contribution in [2.75, 3.05) is 46.3 Å². The van der Waals surface area contributed by atoms with Crippen LogP contribution >= 0.6 is 0 Å². The van der Waals surface area contributed by atoms with Crippen LogP contribution in [0.5, 0.6) is 0 Å². The molecule has 0 aromatic heterocycles. The maximum absolute atomic E-state index is 12.8. The van der Waals surface area contributed by atoms with Gasteiger partial charge in [0.2, 0.25) is 11.8 Å². The van der Waals surface area contributed by atoms with Gasteiger partial charge in [0.05, 0.1) is 12.6 Å². The Morgan fingerprint density at radius 1 is 0.939 bits per heavy atom. The predicted molar refractivity (Wildman–Crippen MR) is 129 cm³/mol. The molecule has 5 fully saturated rings. The monoisotopic (exact) mass is 452 g/mol.